The highest BCUT2D eigenvalue weighted by molar-refractivity contribution is 5.75. The van der Waals surface area contributed by atoms with Crippen molar-refractivity contribution < 1.29 is 9.90 Å². The lowest BCUT2D eigenvalue weighted by Gasteiger charge is -2.12. The van der Waals surface area contributed by atoms with Crippen LogP contribution in [0, 0.1) is 5.92 Å². The maximum Gasteiger partial charge on any atom is 0.314 e. The number of benzene rings is 1. The Balaban J connectivity index is 1.66. The number of nitrogens with one attached hydrogen (secondary N) is 2. The molecule has 2 rings (SSSR count). The summed E-state index contributed by atoms with van der Waals surface area (Å²) >= 11 is 0. The number of carbonyl (C=O) groups excluding carboxylic acids is 1. The largest absolute Gasteiger partial charge is 0.396 e. The van der Waals surface area contributed by atoms with E-state index in [9.17, 15) is 4.79 Å². The third-order valence-electron chi connectivity index (χ3n) is 3.62. The van der Waals surface area contributed by atoms with E-state index in [-0.39, 0.29) is 18.6 Å². The van der Waals surface area contributed by atoms with Gasteiger partial charge >= 0.3 is 6.03 Å². The number of carbonyl (C=O) groups is 1. The molecule has 0 aliphatic rings. The highest BCUT2D eigenvalue weighted by Crippen LogP contribution is 2.11. The Labute approximate surface area is 130 Å². The first-order valence-electron chi connectivity index (χ1n) is 7.73. The Hall–Kier alpha value is -2.08. The Morgan fingerprint density at radius 1 is 1.36 bits per heavy atom. The first-order chi connectivity index (χ1) is 10.7. The van der Waals surface area contributed by atoms with Crippen LogP contribution in [0.3, 0.4) is 0 Å². The molecule has 0 aliphatic carbocycles. The second-order valence-electron chi connectivity index (χ2n) is 5.53. The number of rotatable bonds is 8. The van der Waals surface area contributed by atoms with Gasteiger partial charge in [0.25, 0.3) is 0 Å². The van der Waals surface area contributed by atoms with Crippen molar-refractivity contribution in [2.45, 2.75) is 26.3 Å². The molecule has 0 fully saturated rings. The summed E-state index contributed by atoms with van der Waals surface area (Å²) in [6.07, 6.45) is 3.38. The second kappa shape index (κ2) is 8.38. The van der Waals surface area contributed by atoms with Crippen LogP contribution < -0.4 is 10.6 Å². The van der Waals surface area contributed by atoms with Crippen molar-refractivity contribution in [1.82, 2.24) is 20.2 Å². The van der Waals surface area contributed by atoms with Crippen LogP contribution >= 0.6 is 0 Å². The van der Waals surface area contributed by atoms with E-state index >= 15 is 0 Å². The Bertz CT molecular complexity index is 597. The minimum Gasteiger partial charge on any atom is -0.396 e. The van der Waals surface area contributed by atoms with Gasteiger partial charge in [0.1, 0.15) is 0 Å². The van der Waals surface area contributed by atoms with Crippen LogP contribution in [-0.2, 0) is 6.54 Å². The van der Waals surface area contributed by atoms with Gasteiger partial charge in [0.15, 0.2) is 0 Å². The van der Waals surface area contributed by atoms with Crippen LogP contribution in [0.25, 0.3) is 11.0 Å². The summed E-state index contributed by atoms with van der Waals surface area (Å²) in [5.74, 6) is 0.285. The Kier molecular flexibility index (Phi) is 6.21. The van der Waals surface area contributed by atoms with E-state index in [1.165, 1.54) is 0 Å². The molecule has 0 saturated heterocycles. The number of aliphatic hydroxyl groups excluding tert-OH is 1. The first-order valence-corrected chi connectivity index (χ1v) is 7.73. The summed E-state index contributed by atoms with van der Waals surface area (Å²) in [4.78, 5) is 16.0. The van der Waals surface area contributed by atoms with Crippen LogP contribution in [-0.4, -0.2) is 40.4 Å². The topological polar surface area (TPSA) is 79.2 Å². The van der Waals surface area contributed by atoms with Crippen molar-refractivity contribution in [2.24, 2.45) is 5.92 Å². The number of urea groups is 1. The summed E-state index contributed by atoms with van der Waals surface area (Å²) in [6, 6.07) is 7.86. The molecule has 22 heavy (non-hydrogen) atoms. The third kappa shape index (κ3) is 4.73. The molecule has 3 N–H and O–H groups in total. The van der Waals surface area contributed by atoms with Gasteiger partial charge in [0, 0.05) is 26.2 Å². The van der Waals surface area contributed by atoms with E-state index in [1.807, 2.05) is 37.5 Å². The van der Waals surface area contributed by atoms with Crippen molar-refractivity contribution >= 4 is 17.1 Å². The van der Waals surface area contributed by atoms with Gasteiger partial charge < -0.3 is 20.3 Å². The van der Waals surface area contributed by atoms with Gasteiger partial charge in [-0.2, -0.15) is 0 Å². The van der Waals surface area contributed by atoms with Crippen molar-refractivity contribution in [3.05, 3.63) is 30.6 Å². The second-order valence-corrected chi connectivity index (χ2v) is 5.53. The SMILES string of the molecule is CC(CCO)CNC(=O)NCCCn1cnc2ccccc21. The van der Waals surface area contributed by atoms with Gasteiger partial charge in [-0.3, -0.25) is 0 Å². The van der Waals surface area contributed by atoms with E-state index in [0.717, 1.165) is 24.0 Å². The fourth-order valence-electron chi connectivity index (χ4n) is 2.29. The number of imidazole rings is 1. The summed E-state index contributed by atoms with van der Waals surface area (Å²) in [5, 5.41) is 14.5. The number of amides is 2. The van der Waals surface area contributed by atoms with Crippen LogP contribution in [0.1, 0.15) is 19.8 Å². The van der Waals surface area contributed by atoms with E-state index in [4.69, 9.17) is 5.11 Å². The lowest BCUT2D eigenvalue weighted by atomic mass is 10.1. The summed E-state index contributed by atoms with van der Waals surface area (Å²) in [5.41, 5.74) is 2.11. The predicted molar refractivity (Wildman–Crippen MR) is 86.6 cm³/mol. The maximum absolute atomic E-state index is 11.6. The number of fused-ring (bicyclic) bond motifs is 1. The lowest BCUT2D eigenvalue weighted by Crippen LogP contribution is -2.38. The Morgan fingerprint density at radius 2 is 2.18 bits per heavy atom. The third-order valence-corrected chi connectivity index (χ3v) is 3.62. The molecule has 1 aromatic heterocycles. The number of hydrogen-bond donors (Lipinski definition) is 3. The zero-order valence-electron chi connectivity index (χ0n) is 13.0. The van der Waals surface area contributed by atoms with Crippen LogP contribution in [0.4, 0.5) is 4.79 Å². The Morgan fingerprint density at radius 3 is 3.00 bits per heavy atom. The van der Waals surface area contributed by atoms with Crippen molar-refractivity contribution in [2.75, 3.05) is 19.7 Å². The molecular weight excluding hydrogens is 280 g/mol. The minimum absolute atomic E-state index is 0.153. The van der Waals surface area contributed by atoms with Crippen molar-refractivity contribution in [1.29, 1.82) is 0 Å². The molecule has 6 nitrogen and oxygen atoms in total. The van der Waals surface area contributed by atoms with Crippen molar-refractivity contribution in [3.8, 4) is 0 Å². The minimum atomic E-state index is -0.153. The van der Waals surface area contributed by atoms with E-state index in [1.54, 1.807) is 0 Å². The number of nitrogens with zero attached hydrogens (tertiary/aromatic N) is 2. The zero-order valence-corrected chi connectivity index (χ0v) is 13.0. The molecule has 0 radical (unpaired) electrons. The highest BCUT2D eigenvalue weighted by Gasteiger charge is 2.05. The van der Waals surface area contributed by atoms with Crippen molar-refractivity contribution in [3.63, 3.8) is 0 Å². The summed E-state index contributed by atoms with van der Waals surface area (Å²) in [7, 11) is 0. The summed E-state index contributed by atoms with van der Waals surface area (Å²) in [6.45, 7) is 4.18. The maximum atomic E-state index is 11.6. The number of aliphatic hydroxyl groups is 1. The first kappa shape index (κ1) is 16.3. The van der Waals surface area contributed by atoms with Gasteiger partial charge in [0.2, 0.25) is 0 Å². The van der Waals surface area contributed by atoms with Gasteiger partial charge in [-0.15, -0.1) is 0 Å². The average Bonchev–Trinajstić information content (AvgIpc) is 2.93. The standard InChI is InChI=1S/C16H24N4O2/c1-13(7-10-21)11-18-16(22)17-8-4-9-20-12-19-14-5-2-3-6-15(14)20/h2-3,5-6,12-13,21H,4,7-11H2,1H3,(H2,17,18,22). The molecule has 2 aromatic rings. The lowest BCUT2D eigenvalue weighted by molar-refractivity contribution is 0.233. The van der Waals surface area contributed by atoms with Gasteiger partial charge in [-0.1, -0.05) is 19.1 Å². The van der Waals surface area contributed by atoms with Crippen LogP contribution in [0.15, 0.2) is 30.6 Å². The van der Waals surface area contributed by atoms with E-state index in [0.29, 0.717) is 19.5 Å². The molecule has 1 aromatic carbocycles. The molecule has 0 bridgehead atoms. The molecule has 6 heteroatoms. The number of aromatic nitrogens is 2. The number of aryl methyl sites for hydroxylation is 1. The molecule has 2 amide bonds. The van der Waals surface area contributed by atoms with Crippen LogP contribution in [0.5, 0.6) is 0 Å². The normalized spacial score (nSPS) is 12.3. The zero-order chi connectivity index (χ0) is 15.8. The number of hydrogen-bond acceptors (Lipinski definition) is 3. The monoisotopic (exact) mass is 304 g/mol. The van der Waals surface area contributed by atoms with Gasteiger partial charge in [0.05, 0.1) is 17.4 Å². The predicted octanol–water partition coefficient (Wildman–Crippen LogP) is 1.74. The molecule has 120 valence electrons. The molecule has 0 spiro atoms. The fraction of sp³-hybridized carbons (Fsp3) is 0.500. The quantitative estimate of drug-likeness (QED) is 0.650. The van der Waals surface area contributed by atoms with Crippen LogP contribution in [0.2, 0.25) is 0 Å². The van der Waals surface area contributed by atoms with Gasteiger partial charge in [-0.05, 0) is 30.9 Å². The fourth-order valence-corrected chi connectivity index (χ4v) is 2.29. The molecule has 1 atom stereocenters. The van der Waals surface area contributed by atoms with Gasteiger partial charge in [-0.25, -0.2) is 9.78 Å². The number of para-hydroxylation sites is 2. The molecule has 1 unspecified atom stereocenters. The molecule has 0 aliphatic heterocycles. The smallest absolute Gasteiger partial charge is 0.314 e. The molecule has 1 heterocycles. The van der Waals surface area contributed by atoms with E-state index < -0.39 is 0 Å². The van der Waals surface area contributed by atoms with E-state index in [2.05, 4.69) is 20.2 Å². The summed E-state index contributed by atoms with van der Waals surface area (Å²) < 4.78 is 2.10. The molecular formula is C16H24N4O2. The average molecular weight is 304 g/mol. The molecule has 0 saturated carbocycles. The highest BCUT2D eigenvalue weighted by atomic mass is 16.3.